The molecule has 0 bridgehead atoms. The predicted octanol–water partition coefficient (Wildman–Crippen LogP) is 3.12. The zero-order valence-electron chi connectivity index (χ0n) is 12.6. The van der Waals surface area contributed by atoms with Crippen LogP contribution < -0.4 is 0 Å². The van der Waals surface area contributed by atoms with Crippen LogP contribution in [0.25, 0.3) is 11.3 Å². The minimum absolute atomic E-state index is 0.0748. The Bertz CT molecular complexity index is 713. The number of hydrogen-bond donors (Lipinski definition) is 1. The first kappa shape index (κ1) is 16.6. The molecule has 6 heteroatoms. The molecule has 0 fully saturated rings. The number of ether oxygens (including phenoxy) is 1. The first-order valence-corrected chi connectivity index (χ1v) is 7.16. The summed E-state index contributed by atoms with van der Waals surface area (Å²) in [5.74, 6) is -1.57. The predicted molar refractivity (Wildman–Crippen MR) is 81.5 cm³/mol. The SMILES string of the molecule is CCOC(=O)CCC(=O)c1nc(-c2ccc(F)cc2)ccc1O. The molecule has 1 heterocycles. The standard InChI is InChI=1S/C17H16FNO4/c1-2-23-16(22)10-9-15(21)17-14(20)8-7-13(19-17)11-3-5-12(18)6-4-11/h3-8,20H,2,9-10H2,1H3. The summed E-state index contributed by atoms with van der Waals surface area (Å²) in [6, 6.07) is 8.51. The van der Waals surface area contributed by atoms with E-state index in [1.54, 1.807) is 6.92 Å². The van der Waals surface area contributed by atoms with Gasteiger partial charge in [0.25, 0.3) is 0 Å². The summed E-state index contributed by atoms with van der Waals surface area (Å²) in [5, 5.41) is 9.81. The van der Waals surface area contributed by atoms with E-state index in [9.17, 15) is 19.1 Å². The maximum atomic E-state index is 13.0. The van der Waals surface area contributed by atoms with Gasteiger partial charge in [0.2, 0.25) is 0 Å². The highest BCUT2D eigenvalue weighted by atomic mass is 19.1. The number of esters is 1. The lowest BCUT2D eigenvalue weighted by Crippen LogP contribution is -2.09. The van der Waals surface area contributed by atoms with Gasteiger partial charge in [-0.1, -0.05) is 0 Å². The van der Waals surface area contributed by atoms with Crippen molar-refractivity contribution in [2.45, 2.75) is 19.8 Å². The number of halogens is 1. The summed E-state index contributed by atoms with van der Waals surface area (Å²) in [4.78, 5) is 27.5. The molecule has 0 aliphatic carbocycles. The fourth-order valence-corrected chi connectivity index (χ4v) is 2.01. The smallest absolute Gasteiger partial charge is 0.306 e. The molecule has 1 aromatic heterocycles. The van der Waals surface area contributed by atoms with Crippen molar-refractivity contribution in [3.05, 3.63) is 47.9 Å². The summed E-state index contributed by atoms with van der Waals surface area (Å²) in [6.45, 7) is 1.93. The molecule has 2 rings (SSSR count). The third-order valence-electron chi connectivity index (χ3n) is 3.14. The molecule has 23 heavy (non-hydrogen) atoms. The maximum absolute atomic E-state index is 13.0. The zero-order valence-corrected chi connectivity index (χ0v) is 12.6. The van der Waals surface area contributed by atoms with E-state index < -0.39 is 11.8 Å². The van der Waals surface area contributed by atoms with Gasteiger partial charge >= 0.3 is 5.97 Å². The highest BCUT2D eigenvalue weighted by Gasteiger charge is 2.16. The van der Waals surface area contributed by atoms with Crippen molar-refractivity contribution in [1.29, 1.82) is 0 Å². The number of ketones is 1. The van der Waals surface area contributed by atoms with Crippen molar-refractivity contribution in [3.8, 4) is 17.0 Å². The van der Waals surface area contributed by atoms with E-state index in [0.717, 1.165) is 0 Å². The van der Waals surface area contributed by atoms with Crippen LogP contribution in [0.3, 0.4) is 0 Å². The Kier molecular flexibility index (Phi) is 5.41. The Balaban J connectivity index is 2.18. The monoisotopic (exact) mass is 317 g/mol. The third kappa shape index (κ3) is 4.35. The van der Waals surface area contributed by atoms with Crippen LogP contribution in [-0.2, 0) is 9.53 Å². The van der Waals surface area contributed by atoms with Gasteiger partial charge in [0, 0.05) is 12.0 Å². The number of carbonyl (C=O) groups is 2. The van der Waals surface area contributed by atoms with Crippen molar-refractivity contribution >= 4 is 11.8 Å². The first-order chi connectivity index (χ1) is 11.0. The average Bonchev–Trinajstić information content (AvgIpc) is 2.54. The summed E-state index contributed by atoms with van der Waals surface area (Å²) in [6.07, 6.45) is -0.180. The molecule has 0 amide bonds. The van der Waals surface area contributed by atoms with Gasteiger partial charge in [0.1, 0.15) is 17.3 Å². The number of aromatic hydroxyl groups is 1. The minimum Gasteiger partial charge on any atom is -0.506 e. The second-order valence-electron chi connectivity index (χ2n) is 4.80. The Morgan fingerprint density at radius 3 is 2.48 bits per heavy atom. The van der Waals surface area contributed by atoms with Gasteiger partial charge in [-0.25, -0.2) is 9.37 Å². The van der Waals surface area contributed by atoms with E-state index in [-0.39, 0.29) is 36.7 Å². The van der Waals surface area contributed by atoms with Crippen LogP contribution in [0.1, 0.15) is 30.3 Å². The van der Waals surface area contributed by atoms with Gasteiger partial charge < -0.3 is 9.84 Å². The lowest BCUT2D eigenvalue weighted by Gasteiger charge is -2.07. The maximum Gasteiger partial charge on any atom is 0.306 e. The molecule has 0 spiro atoms. The molecule has 0 aliphatic heterocycles. The molecule has 0 unspecified atom stereocenters. The Morgan fingerprint density at radius 1 is 1.13 bits per heavy atom. The molecule has 0 aliphatic rings. The molecule has 120 valence electrons. The Morgan fingerprint density at radius 2 is 1.83 bits per heavy atom. The minimum atomic E-state index is -0.477. The lowest BCUT2D eigenvalue weighted by atomic mass is 10.1. The molecular formula is C17H16FNO4. The number of carbonyl (C=O) groups excluding carboxylic acids is 2. The first-order valence-electron chi connectivity index (χ1n) is 7.16. The largest absolute Gasteiger partial charge is 0.506 e. The van der Waals surface area contributed by atoms with E-state index in [0.29, 0.717) is 11.3 Å². The second-order valence-corrected chi connectivity index (χ2v) is 4.80. The quantitative estimate of drug-likeness (QED) is 0.654. The number of Topliss-reactive ketones (excluding diaryl/α,β-unsaturated/α-hetero) is 1. The second kappa shape index (κ2) is 7.49. The highest BCUT2D eigenvalue weighted by molar-refractivity contribution is 5.98. The number of aromatic nitrogens is 1. The van der Waals surface area contributed by atoms with Crippen molar-refractivity contribution in [1.82, 2.24) is 4.98 Å². The molecule has 1 N–H and O–H groups in total. The molecule has 1 aromatic carbocycles. The van der Waals surface area contributed by atoms with E-state index >= 15 is 0 Å². The molecule has 0 atom stereocenters. The molecule has 0 saturated carbocycles. The van der Waals surface area contributed by atoms with Gasteiger partial charge in [0.15, 0.2) is 5.78 Å². The summed E-state index contributed by atoms with van der Waals surface area (Å²) < 4.78 is 17.7. The Hall–Kier alpha value is -2.76. The fraction of sp³-hybridized carbons (Fsp3) is 0.235. The number of rotatable bonds is 6. The van der Waals surface area contributed by atoms with Gasteiger partial charge in [0.05, 0.1) is 18.7 Å². The van der Waals surface area contributed by atoms with Gasteiger partial charge in [-0.3, -0.25) is 9.59 Å². The number of benzene rings is 1. The van der Waals surface area contributed by atoms with E-state index in [2.05, 4.69) is 4.98 Å². The molecule has 0 saturated heterocycles. The number of hydrogen-bond acceptors (Lipinski definition) is 5. The summed E-state index contributed by atoms with van der Waals surface area (Å²) in [7, 11) is 0. The van der Waals surface area contributed by atoms with Crippen LogP contribution in [0.2, 0.25) is 0 Å². The van der Waals surface area contributed by atoms with Gasteiger partial charge in [-0.15, -0.1) is 0 Å². The Labute approximate surface area is 132 Å². The van der Waals surface area contributed by atoms with Crippen LogP contribution >= 0.6 is 0 Å². The fourth-order valence-electron chi connectivity index (χ4n) is 2.01. The average molecular weight is 317 g/mol. The normalized spacial score (nSPS) is 10.3. The molecule has 2 aromatic rings. The van der Waals surface area contributed by atoms with Crippen LogP contribution in [0.5, 0.6) is 5.75 Å². The molecule has 0 radical (unpaired) electrons. The van der Waals surface area contributed by atoms with Crippen molar-refractivity contribution in [2.75, 3.05) is 6.61 Å². The molecular weight excluding hydrogens is 301 g/mol. The van der Waals surface area contributed by atoms with Crippen LogP contribution in [0, 0.1) is 5.82 Å². The van der Waals surface area contributed by atoms with Crippen molar-refractivity contribution in [2.24, 2.45) is 0 Å². The number of pyridine rings is 1. The molecule has 5 nitrogen and oxygen atoms in total. The number of nitrogens with zero attached hydrogens (tertiary/aromatic N) is 1. The van der Waals surface area contributed by atoms with Crippen LogP contribution in [-0.4, -0.2) is 28.4 Å². The van der Waals surface area contributed by atoms with Crippen molar-refractivity contribution < 1.29 is 23.8 Å². The van der Waals surface area contributed by atoms with E-state index in [1.807, 2.05) is 0 Å². The summed E-state index contributed by atoms with van der Waals surface area (Å²) in [5.41, 5.74) is 0.934. The van der Waals surface area contributed by atoms with Crippen molar-refractivity contribution in [3.63, 3.8) is 0 Å². The van der Waals surface area contributed by atoms with E-state index in [1.165, 1.54) is 36.4 Å². The van der Waals surface area contributed by atoms with Crippen LogP contribution in [0.4, 0.5) is 4.39 Å². The summed E-state index contributed by atoms with van der Waals surface area (Å²) >= 11 is 0. The third-order valence-corrected chi connectivity index (χ3v) is 3.14. The van der Waals surface area contributed by atoms with Crippen LogP contribution in [0.15, 0.2) is 36.4 Å². The van der Waals surface area contributed by atoms with E-state index in [4.69, 9.17) is 4.74 Å². The topological polar surface area (TPSA) is 76.5 Å². The van der Waals surface area contributed by atoms with Gasteiger partial charge in [-0.05, 0) is 43.3 Å². The highest BCUT2D eigenvalue weighted by Crippen LogP contribution is 2.24. The van der Waals surface area contributed by atoms with Gasteiger partial charge in [-0.2, -0.15) is 0 Å². The lowest BCUT2D eigenvalue weighted by molar-refractivity contribution is -0.143. The zero-order chi connectivity index (χ0) is 16.8.